The lowest BCUT2D eigenvalue weighted by molar-refractivity contribution is -0.705. The van der Waals surface area contributed by atoms with Crippen molar-refractivity contribution in [2.75, 3.05) is 11.1 Å². The van der Waals surface area contributed by atoms with Gasteiger partial charge in [0.2, 0.25) is 11.6 Å². The number of benzene rings is 2. The number of carboxylic acid groups (broad SMARTS) is 1. The van der Waals surface area contributed by atoms with E-state index in [4.69, 9.17) is 5.11 Å². The lowest BCUT2D eigenvalue weighted by atomic mass is 10.2. The number of nitrogens with zero attached hydrogens (tertiary/aromatic N) is 2. The molecule has 2 N–H and O–H groups in total. The Morgan fingerprint density at radius 2 is 1.85 bits per heavy atom. The maximum absolute atomic E-state index is 12.1. The molecule has 0 aliphatic carbocycles. The number of aromatic carboxylic acids is 1. The van der Waals surface area contributed by atoms with Gasteiger partial charge in [0.05, 0.1) is 16.6 Å². The van der Waals surface area contributed by atoms with Gasteiger partial charge in [0.1, 0.15) is 0 Å². The van der Waals surface area contributed by atoms with Crippen LogP contribution < -0.4 is 15.1 Å². The number of carbonyl (C=O) groups is 2. The van der Waals surface area contributed by atoms with E-state index >= 15 is 0 Å². The third kappa shape index (κ3) is 4.01. The van der Waals surface area contributed by atoms with Crippen molar-refractivity contribution in [2.24, 2.45) is 0 Å². The van der Waals surface area contributed by atoms with Crippen LogP contribution in [0.2, 0.25) is 0 Å². The number of aromatic nitrogens is 2. The molecule has 1 heterocycles. The number of anilines is 1. The minimum atomic E-state index is -1.04. The maximum atomic E-state index is 12.1. The number of carboxylic acids is 1. The summed E-state index contributed by atoms with van der Waals surface area (Å²) in [6.07, 6.45) is 0. The summed E-state index contributed by atoms with van der Waals surface area (Å²) in [5.74, 6) is -2.06. The minimum Gasteiger partial charge on any atom is -0.538 e. The van der Waals surface area contributed by atoms with E-state index in [1.165, 1.54) is 28.9 Å². The quantitative estimate of drug-likeness (QED) is 0.497. The molecule has 1 amide bonds. The summed E-state index contributed by atoms with van der Waals surface area (Å²) >= 11 is 0.999. The molecule has 0 atom stereocenters. The third-order valence-corrected chi connectivity index (χ3v) is 4.35. The predicted octanol–water partition coefficient (Wildman–Crippen LogP) is 1.45. The van der Waals surface area contributed by atoms with Gasteiger partial charge in [-0.2, -0.15) is 0 Å². The van der Waals surface area contributed by atoms with Crippen molar-refractivity contribution in [1.29, 1.82) is 0 Å². The molecule has 9 heteroatoms. The smallest absolute Gasteiger partial charge is 0.335 e. The number of nitrogens with one attached hydrogen (secondary N) is 1. The molecule has 0 saturated carbocycles. The van der Waals surface area contributed by atoms with Gasteiger partial charge in [-0.3, -0.25) is 4.79 Å². The molecule has 0 aliphatic rings. The van der Waals surface area contributed by atoms with E-state index in [2.05, 4.69) is 15.1 Å². The van der Waals surface area contributed by atoms with Crippen molar-refractivity contribution >= 4 is 29.3 Å². The molecule has 0 aliphatic heterocycles. The zero-order valence-electron chi connectivity index (χ0n) is 13.3. The zero-order valence-corrected chi connectivity index (χ0v) is 14.1. The first-order valence-electron chi connectivity index (χ1n) is 7.45. The summed E-state index contributed by atoms with van der Waals surface area (Å²) in [4.78, 5) is 22.9. The summed E-state index contributed by atoms with van der Waals surface area (Å²) in [7, 11) is 0. The van der Waals surface area contributed by atoms with Crippen LogP contribution in [-0.4, -0.2) is 28.0 Å². The van der Waals surface area contributed by atoms with Crippen LogP contribution in [0.15, 0.2) is 64.1 Å². The van der Waals surface area contributed by atoms with E-state index in [0.29, 0.717) is 11.4 Å². The fourth-order valence-electron chi connectivity index (χ4n) is 2.12. The molecule has 3 rings (SSSR count). The van der Waals surface area contributed by atoms with Crippen LogP contribution in [0.3, 0.4) is 0 Å². The third-order valence-electron chi connectivity index (χ3n) is 3.33. The number of para-hydroxylation sites is 1. The van der Waals surface area contributed by atoms with Gasteiger partial charge in [0.15, 0.2) is 5.95 Å². The molecule has 0 radical (unpaired) electrons. The Bertz CT molecular complexity index is 925. The highest BCUT2D eigenvalue weighted by atomic mass is 32.2. The van der Waals surface area contributed by atoms with Crippen LogP contribution in [0.5, 0.6) is 5.95 Å². The fourth-order valence-corrected chi connectivity index (χ4v) is 2.88. The van der Waals surface area contributed by atoms with Crippen molar-refractivity contribution in [1.82, 2.24) is 5.27 Å². The Morgan fingerprint density at radius 1 is 1.15 bits per heavy atom. The van der Waals surface area contributed by atoms with Gasteiger partial charge in [0, 0.05) is 17.8 Å². The highest BCUT2D eigenvalue weighted by Gasteiger charge is 2.21. The zero-order chi connectivity index (χ0) is 18.5. The Kier molecular flexibility index (Phi) is 5.18. The summed E-state index contributed by atoms with van der Waals surface area (Å²) in [5, 5.41) is 27.2. The number of amides is 1. The molecule has 0 unspecified atom stereocenters. The van der Waals surface area contributed by atoms with E-state index in [0.717, 1.165) is 11.8 Å². The molecule has 132 valence electrons. The lowest BCUT2D eigenvalue weighted by Gasteiger charge is -2.04. The van der Waals surface area contributed by atoms with Gasteiger partial charge >= 0.3 is 5.97 Å². The second-order valence-electron chi connectivity index (χ2n) is 5.13. The topological polar surface area (TPSA) is 119 Å². The second-order valence-corrected chi connectivity index (χ2v) is 6.10. The Balaban J connectivity index is 1.65. The van der Waals surface area contributed by atoms with Crippen LogP contribution >= 0.6 is 11.8 Å². The summed E-state index contributed by atoms with van der Waals surface area (Å²) in [6.45, 7) is 0. The van der Waals surface area contributed by atoms with E-state index in [1.54, 1.807) is 24.3 Å². The molecular formula is C17H13N3O5S. The van der Waals surface area contributed by atoms with Crippen LogP contribution in [-0.2, 0) is 4.79 Å². The van der Waals surface area contributed by atoms with Crippen molar-refractivity contribution in [3.8, 4) is 11.6 Å². The largest absolute Gasteiger partial charge is 0.538 e. The van der Waals surface area contributed by atoms with Gasteiger partial charge < -0.3 is 20.1 Å². The first-order valence-corrected chi connectivity index (χ1v) is 8.43. The number of hydrogen-bond donors (Lipinski definition) is 2. The van der Waals surface area contributed by atoms with E-state index in [-0.39, 0.29) is 22.2 Å². The monoisotopic (exact) mass is 371 g/mol. The van der Waals surface area contributed by atoms with Crippen LogP contribution in [0.1, 0.15) is 10.4 Å². The molecule has 3 aromatic rings. The Labute approximate surface area is 152 Å². The number of rotatable bonds is 6. The molecular weight excluding hydrogens is 358 g/mol. The van der Waals surface area contributed by atoms with Gasteiger partial charge in [-0.1, -0.05) is 18.2 Å². The standard InChI is InChI=1S/C17H13N3O5S/c21-14(18-12-8-6-11(7-9-12)16(22)23)10-26-15-17(24)25-19-20(15)13-4-2-1-3-5-13/h1-9H,10H2,(H2-,18,19,21,22,23,24). The Hall–Kier alpha value is -3.33. The van der Waals surface area contributed by atoms with Gasteiger partial charge in [-0.05, 0) is 40.7 Å². The normalized spacial score (nSPS) is 10.5. The molecule has 0 bridgehead atoms. The average Bonchev–Trinajstić information content (AvgIpc) is 3.02. The molecule has 1 aromatic heterocycles. The molecule has 0 fully saturated rings. The van der Waals surface area contributed by atoms with Crippen LogP contribution in [0.25, 0.3) is 5.69 Å². The lowest BCUT2D eigenvalue weighted by Crippen LogP contribution is -2.35. The molecule has 26 heavy (non-hydrogen) atoms. The first kappa shape index (κ1) is 17.5. The van der Waals surface area contributed by atoms with Crippen molar-refractivity contribution in [3.05, 3.63) is 60.2 Å². The highest BCUT2D eigenvalue weighted by Crippen LogP contribution is 2.23. The Morgan fingerprint density at radius 3 is 2.50 bits per heavy atom. The van der Waals surface area contributed by atoms with Gasteiger partial charge in [-0.25, -0.2) is 4.79 Å². The van der Waals surface area contributed by atoms with Crippen molar-refractivity contribution < 1.29 is 29.0 Å². The molecule has 0 spiro atoms. The van der Waals surface area contributed by atoms with E-state index < -0.39 is 11.9 Å². The number of hydrogen-bond acceptors (Lipinski definition) is 6. The molecule has 0 saturated heterocycles. The second kappa shape index (κ2) is 7.70. The SMILES string of the molecule is O=C(CSc1c([O-])on[n+]1-c1ccccc1)Nc1ccc(C(=O)O)cc1. The van der Waals surface area contributed by atoms with Gasteiger partial charge in [0.25, 0.3) is 5.03 Å². The summed E-state index contributed by atoms with van der Waals surface area (Å²) in [5.41, 5.74) is 1.23. The van der Waals surface area contributed by atoms with E-state index in [9.17, 15) is 14.7 Å². The maximum Gasteiger partial charge on any atom is 0.335 e. The van der Waals surface area contributed by atoms with Crippen LogP contribution in [0, 0.1) is 0 Å². The van der Waals surface area contributed by atoms with E-state index in [1.807, 2.05) is 6.07 Å². The summed E-state index contributed by atoms with van der Waals surface area (Å²) < 4.78 is 6.02. The van der Waals surface area contributed by atoms with Crippen molar-refractivity contribution in [3.63, 3.8) is 0 Å². The molecule has 8 nitrogen and oxygen atoms in total. The number of carbonyl (C=O) groups excluding carboxylic acids is 1. The first-order chi connectivity index (χ1) is 12.5. The average molecular weight is 371 g/mol. The fraction of sp³-hybridized carbons (Fsp3) is 0.0588. The van der Waals surface area contributed by atoms with Crippen molar-refractivity contribution in [2.45, 2.75) is 5.03 Å². The number of thioether (sulfide) groups is 1. The van der Waals surface area contributed by atoms with Crippen LogP contribution in [0.4, 0.5) is 5.69 Å². The summed E-state index contributed by atoms with van der Waals surface area (Å²) in [6, 6.07) is 14.7. The minimum absolute atomic E-state index is 0.0377. The highest BCUT2D eigenvalue weighted by molar-refractivity contribution is 7.99. The predicted molar refractivity (Wildman–Crippen MR) is 90.2 cm³/mol. The van der Waals surface area contributed by atoms with Gasteiger partial charge in [-0.15, -0.1) is 0 Å². The molecule has 2 aromatic carbocycles.